The molecule has 0 heterocycles. The van der Waals surface area contributed by atoms with Crippen molar-refractivity contribution >= 4 is 5.97 Å². The molecule has 0 unspecified atom stereocenters. The fraction of sp³-hybridized carbons (Fsp3) is 0.917. The zero-order valence-electron chi connectivity index (χ0n) is 10.3. The second-order valence-electron chi connectivity index (χ2n) is 4.00. The van der Waals surface area contributed by atoms with E-state index in [2.05, 4.69) is 6.92 Å². The van der Waals surface area contributed by atoms with Gasteiger partial charge in [0.25, 0.3) is 0 Å². The lowest BCUT2D eigenvalue weighted by Crippen LogP contribution is -2.15. The third-order valence-corrected chi connectivity index (χ3v) is 2.09. The molecule has 15 heavy (non-hydrogen) atoms. The van der Waals surface area contributed by atoms with Crippen LogP contribution in [-0.4, -0.2) is 25.8 Å². The van der Waals surface area contributed by atoms with E-state index in [1.54, 1.807) is 0 Å². The molecule has 0 saturated carbocycles. The zero-order chi connectivity index (χ0) is 11.5. The Bertz CT molecular complexity index is 155. The molecule has 0 bridgehead atoms. The summed E-state index contributed by atoms with van der Waals surface area (Å²) in [6.45, 7) is 7.52. The average Bonchev–Trinajstić information content (AvgIpc) is 2.21. The normalized spacial score (nSPS) is 10.7. The third-order valence-electron chi connectivity index (χ3n) is 2.09. The lowest BCUT2D eigenvalue weighted by atomic mass is 10.2. The molecule has 0 N–H and O–H groups in total. The Labute approximate surface area is 93.1 Å². The molecule has 3 heteroatoms. The Morgan fingerprint density at radius 2 is 1.80 bits per heavy atom. The van der Waals surface area contributed by atoms with Gasteiger partial charge in [-0.25, -0.2) is 0 Å². The predicted octanol–water partition coefficient (Wildman–Crippen LogP) is 2.78. The van der Waals surface area contributed by atoms with Crippen molar-refractivity contribution in [1.82, 2.24) is 0 Å². The summed E-state index contributed by atoms with van der Waals surface area (Å²) in [6.07, 6.45) is 4.84. The molecular formula is C12H24O3. The Morgan fingerprint density at radius 3 is 2.40 bits per heavy atom. The number of esters is 1. The minimum absolute atomic E-state index is 0.0467. The van der Waals surface area contributed by atoms with Crippen LogP contribution in [0.2, 0.25) is 0 Å². The molecule has 0 aliphatic rings. The maximum Gasteiger partial charge on any atom is 0.308 e. The highest BCUT2D eigenvalue weighted by Crippen LogP contribution is 1.99. The molecule has 0 rings (SSSR count). The molecule has 0 aromatic heterocycles. The van der Waals surface area contributed by atoms with Gasteiger partial charge in [0.15, 0.2) is 0 Å². The lowest BCUT2D eigenvalue weighted by molar-refractivity contribution is -0.148. The van der Waals surface area contributed by atoms with E-state index in [9.17, 15) is 4.79 Å². The van der Waals surface area contributed by atoms with Crippen LogP contribution in [0.25, 0.3) is 0 Å². The highest BCUT2D eigenvalue weighted by atomic mass is 16.6. The Hall–Kier alpha value is -0.570. The van der Waals surface area contributed by atoms with Crippen molar-refractivity contribution in [2.75, 3.05) is 19.8 Å². The lowest BCUT2D eigenvalue weighted by Gasteiger charge is -2.07. The Balaban J connectivity index is 3.08. The van der Waals surface area contributed by atoms with Crippen LogP contribution in [-0.2, 0) is 14.3 Å². The van der Waals surface area contributed by atoms with Crippen molar-refractivity contribution in [2.24, 2.45) is 5.92 Å². The van der Waals surface area contributed by atoms with E-state index in [4.69, 9.17) is 9.47 Å². The molecule has 0 aromatic carbocycles. The van der Waals surface area contributed by atoms with E-state index in [0.717, 1.165) is 13.0 Å². The minimum atomic E-state index is -0.149. The van der Waals surface area contributed by atoms with Gasteiger partial charge in [0.1, 0.15) is 6.61 Å². The van der Waals surface area contributed by atoms with Gasteiger partial charge >= 0.3 is 5.97 Å². The van der Waals surface area contributed by atoms with Gasteiger partial charge in [0, 0.05) is 6.61 Å². The van der Waals surface area contributed by atoms with Gasteiger partial charge in [0.05, 0.1) is 12.5 Å². The molecule has 0 atom stereocenters. The molecule has 0 spiro atoms. The smallest absolute Gasteiger partial charge is 0.308 e. The first-order valence-electron chi connectivity index (χ1n) is 5.92. The SMILES string of the molecule is CCCCCCOCCOC(=O)C(C)C. The second kappa shape index (κ2) is 9.97. The summed E-state index contributed by atoms with van der Waals surface area (Å²) in [5.41, 5.74) is 0. The van der Waals surface area contributed by atoms with Crippen LogP contribution in [0.3, 0.4) is 0 Å². The van der Waals surface area contributed by atoms with Gasteiger partial charge in [-0.1, -0.05) is 40.0 Å². The van der Waals surface area contributed by atoms with Gasteiger partial charge in [-0.3, -0.25) is 4.79 Å². The number of carbonyl (C=O) groups excluding carboxylic acids is 1. The summed E-state index contributed by atoms with van der Waals surface area (Å²) in [6, 6.07) is 0. The first-order chi connectivity index (χ1) is 7.18. The van der Waals surface area contributed by atoms with E-state index in [1.807, 2.05) is 13.8 Å². The van der Waals surface area contributed by atoms with Crippen molar-refractivity contribution in [3.63, 3.8) is 0 Å². The first kappa shape index (κ1) is 14.4. The van der Waals surface area contributed by atoms with Gasteiger partial charge in [-0.15, -0.1) is 0 Å². The summed E-state index contributed by atoms with van der Waals surface area (Å²) in [7, 11) is 0. The molecule has 0 amide bonds. The van der Waals surface area contributed by atoms with Crippen molar-refractivity contribution in [2.45, 2.75) is 46.5 Å². The summed E-state index contributed by atoms with van der Waals surface area (Å²) in [4.78, 5) is 11.0. The largest absolute Gasteiger partial charge is 0.463 e. The van der Waals surface area contributed by atoms with Gasteiger partial charge in [0.2, 0.25) is 0 Å². The zero-order valence-corrected chi connectivity index (χ0v) is 10.3. The number of rotatable bonds is 9. The van der Waals surface area contributed by atoms with E-state index < -0.39 is 0 Å². The van der Waals surface area contributed by atoms with E-state index in [-0.39, 0.29) is 11.9 Å². The summed E-state index contributed by atoms with van der Waals surface area (Å²) in [5.74, 6) is -0.195. The Kier molecular flexibility index (Phi) is 9.59. The minimum Gasteiger partial charge on any atom is -0.463 e. The van der Waals surface area contributed by atoms with Crippen LogP contribution in [0, 0.1) is 5.92 Å². The van der Waals surface area contributed by atoms with Gasteiger partial charge < -0.3 is 9.47 Å². The number of unbranched alkanes of at least 4 members (excludes halogenated alkanes) is 3. The molecule has 0 aliphatic carbocycles. The van der Waals surface area contributed by atoms with Gasteiger partial charge in [-0.2, -0.15) is 0 Å². The van der Waals surface area contributed by atoms with Crippen molar-refractivity contribution in [3.05, 3.63) is 0 Å². The van der Waals surface area contributed by atoms with Crippen molar-refractivity contribution in [3.8, 4) is 0 Å². The second-order valence-corrected chi connectivity index (χ2v) is 4.00. The molecule has 90 valence electrons. The quantitative estimate of drug-likeness (QED) is 0.439. The van der Waals surface area contributed by atoms with Crippen LogP contribution in [0.5, 0.6) is 0 Å². The summed E-state index contributed by atoms with van der Waals surface area (Å²) >= 11 is 0. The molecular weight excluding hydrogens is 192 g/mol. The van der Waals surface area contributed by atoms with Crippen LogP contribution < -0.4 is 0 Å². The molecule has 0 fully saturated rings. The van der Waals surface area contributed by atoms with Crippen LogP contribution in [0.4, 0.5) is 0 Å². The van der Waals surface area contributed by atoms with Crippen LogP contribution >= 0.6 is 0 Å². The maximum atomic E-state index is 11.0. The molecule has 0 aliphatic heterocycles. The van der Waals surface area contributed by atoms with Crippen LogP contribution in [0.1, 0.15) is 46.5 Å². The number of ether oxygens (including phenoxy) is 2. The number of hydrogen-bond acceptors (Lipinski definition) is 3. The van der Waals surface area contributed by atoms with Crippen molar-refractivity contribution in [1.29, 1.82) is 0 Å². The third kappa shape index (κ3) is 9.73. The monoisotopic (exact) mass is 216 g/mol. The Morgan fingerprint density at radius 1 is 1.07 bits per heavy atom. The first-order valence-corrected chi connectivity index (χ1v) is 5.92. The standard InChI is InChI=1S/C12H24O3/c1-4-5-6-7-8-14-9-10-15-12(13)11(2)3/h11H,4-10H2,1-3H3. The molecule has 0 aromatic rings. The van der Waals surface area contributed by atoms with E-state index in [0.29, 0.717) is 13.2 Å². The number of hydrogen-bond donors (Lipinski definition) is 0. The highest BCUT2D eigenvalue weighted by molar-refractivity contribution is 5.71. The van der Waals surface area contributed by atoms with Crippen molar-refractivity contribution < 1.29 is 14.3 Å². The fourth-order valence-electron chi connectivity index (χ4n) is 1.10. The predicted molar refractivity (Wildman–Crippen MR) is 60.8 cm³/mol. The molecule has 0 saturated heterocycles. The summed E-state index contributed by atoms with van der Waals surface area (Å²) < 4.78 is 10.3. The summed E-state index contributed by atoms with van der Waals surface area (Å²) in [5, 5.41) is 0. The van der Waals surface area contributed by atoms with E-state index in [1.165, 1.54) is 19.3 Å². The highest BCUT2D eigenvalue weighted by Gasteiger charge is 2.06. The topological polar surface area (TPSA) is 35.5 Å². The van der Waals surface area contributed by atoms with Gasteiger partial charge in [-0.05, 0) is 6.42 Å². The number of carbonyl (C=O) groups is 1. The fourth-order valence-corrected chi connectivity index (χ4v) is 1.10. The average molecular weight is 216 g/mol. The molecule has 3 nitrogen and oxygen atoms in total. The maximum absolute atomic E-state index is 11.0. The van der Waals surface area contributed by atoms with Crippen LogP contribution in [0.15, 0.2) is 0 Å². The molecule has 0 radical (unpaired) electrons. The van der Waals surface area contributed by atoms with E-state index >= 15 is 0 Å².